The molecule has 26 heavy (non-hydrogen) atoms. The average Bonchev–Trinajstić information content (AvgIpc) is 3.05. The summed E-state index contributed by atoms with van der Waals surface area (Å²) in [6, 6.07) is 9.23. The van der Waals surface area contributed by atoms with Crippen molar-refractivity contribution in [3.63, 3.8) is 0 Å². The Labute approximate surface area is 158 Å². The molecule has 142 valence electrons. The van der Waals surface area contributed by atoms with Crippen LogP contribution in [-0.2, 0) is 25.1 Å². The number of benzene rings is 1. The molecule has 0 spiro atoms. The zero-order chi connectivity index (χ0) is 18.9. The molecule has 3 unspecified atom stereocenters. The summed E-state index contributed by atoms with van der Waals surface area (Å²) in [4.78, 5) is 25.8. The first-order valence-corrected chi connectivity index (χ1v) is 10.5. The summed E-state index contributed by atoms with van der Waals surface area (Å²) in [5.74, 6) is -1.78. The summed E-state index contributed by atoms with van der Waals surface area (Å²) in [6.07, 6.45) is 8.19. The van der Waals surface area contributed by atoms with Gasteiger partial charge in [-0.3, -0.25) is 9.59 Å². The highest BCUT2D eigenvalue weighted by Crippen LogP contribution is 2.38. The molecule has 4 nitrogen and oxygen atoms in total. The van der Waals surface area contributed by atoms with Crippen molar-refractivity contribution in [3.8, 4) is 0 Å². The van der Waals surface area contributed by atoms with Crippen molar-refractivity contribution in [3.05, 3.63) is 41.3 Å². The van der Waals surface area contributed by atoms with E-state index in [4.69, 9.17) is 4.74 Å². The van der Waals surface area contributed by atoms with Gasteiger partial charge in [-0.05, 0) is 31.4 Å². The van der Waals surface area contributed by atoms with Crippen LogP contribution >= 0.6 is 0 Å². The van der Waals surface area contributed by atoms with E-state index >= 15 is 0 Å². The van der Waals surface area contributed by atoms with Crippen molar-refractivity contribution >= 4 is 22.6 Å². The molecule has 5 heteroatoms. The Bertz CT molecular complexity index is 666. The Hall–Kier alpha value is -1.75. The number of unbranched alkanes of at least 4 members (excludes halogenated alkanes) is 4. The highest BCUT2D eigenvalue weighted by Gasteiger charge is 2.44. The first-order chi connectivity index (χ1) is 12.6. The maximum Gasteiger partial charge on any atom is 0.316 e. The van der Waals surface area contributed by atoms with Gasteiger partial charge >= 0.3 is 5.97 Å². The molecule has 0 aromatic heterocycles. The first-order valence-electron chi connectivity index (χ1n) is 9.37. The van der Waals surface area contributed by atoms with Crippen LogP contribution in [0.25, 0.3) is 0 Å². The predicted octanol–water partition coefficient (Wildman–Crippen LogP) is 4.42. The number of hydrogen-bond acceptors (Lipinski definition) is 4. The molecule has 1 aromatic rings. The summed E-state index contributed by atoms with van der Waals surface area (Å²) in [5.41, 5.74) is 0. The zero-order valence-corrected chi connectivity index (χ0v) is 16.4. The number of ketones is 1. The standard InChI is InChI=1S/C21H28O4S/c1-3-4-5-6-10-13-19(26(24)16-11-8-7-9-12-16)17-14-15-18(22)20(17)21(23)25-2/h7-9,11-13,17,20H,3-6,10,14-15H2,1-2H3/b19-13+. The Morgan fingerprint density at radius 1 is 1.23 bits per heavy atom. The molecular weight excluding hydrogens is 348 g/mol. The maximum absolute atomic E-state index is 13.2. The second kappa shape index (κ2) is 10.4. The number of esters is 1. The van der Waals surface area contributed by atoms with E-state index in [2.05, 4.69) is 6.92 Å². The smallest absolute Gasteiger partial charge is 0.316 e. The lowest BCUT2D eigenvalue weighted by molar-refractivity contribution is -0.149. The number of rotatable bonds is 9. The van der Waals surface area contributed by atoms with Crippen LogP contribution in [0.5, 0.6) is 0 Å². The van der Waals surface area contributed by atoms with Gasteiger partial charge in [0.25, 0.3) is 0 Å². The molecule has 1 fully saturated rings. The van der Waals surface area contributed by atoms with Gasteiger partial charge < -0.3 is 4.74 Å². The first kappa shape index (κ1) is 20.6. The molecule has 1 aromatic carbocycles. The molecule has 2 rings (SSSR count). The van der Waals surface area contributed by atoms with Crippen molar-refractivity contribution in [1.29, 1.82) is 0 Å². The van der Waals surface area contributed by atoms with Gasteiger partial charge in [0.05, 0.1) is 17.9 Å². The third kappa shape index (κ3) is 5.13. The van der Waals surface area contributed by atoms with Gasteiger partial charge in [0.15, 0.2) is 0 Å². The van der Waals surface area contributed by atoms with Crippen molar-refractivity contribution in [1.82, 2.24) is 0 Å². The molecule has 0 amide bonds. The van der Waals surface area contributed by atoms with Gasteiger partial charge in [-0.15, -0.1) is 0 Å². The van der Waals surface area contributed by atoms with Crippen molar-refractivity contribution in [2.75, 3.05) is 7.11 Å². The molecule has 3 atom stereocenters. The second-order valence-corrected chi connectivity index (χ2v) is 8.13. The van der Waals surface area contributed by atoms with E-state index in [1.54, 1.807) is 0 Å². The second-order valence-electron chi connectivity index (χ2n) is 6.65. The van der Waals surface area contributed by atoms with Gasteiger partial charge in [-0.1, -0.05) is 50.5 Å². The summed E-state index contributed by atoms with van der Waals surface area (Å²) in [6.45, 7) is 2.16. The average molecular weight is 377 g/mol. The molecule has 1 saturated carbocycles. The highest BCUT2D eigenvalue weighted by molar-refractivity contribution is 7.89. The summed E-state index contributed by atoms with van der Waals surface area (Å²) < 4.78 is 18.0. The Kier molecular flexibility index (Phi) is 8.23. The van der Waals surface area contributed by atoms with E-state index in [9.17, 15) is 13.8 Å². The molecular formula is C21H28O4S. The van der Waals surface area contributed by atoms with Crippen molar-refractivity contribution < 1.29 is 18.5 Å². The Morgan fingerprint density at radius 3 is 2.62 bits per heavy atom. The lowest BCUT2D eigenvalue weighted by Gasteiger charge is -2.20. The molecule has 0 aliphatic heterocycles. The van der Waals surface area contributed by atoms with Gasteiger partial charge in [0.1, 0.15) is 11.7 Å². The van der Waals surface area contributed by atoms with Gasteiger partial charge in [0, 0.05) is 22.1 Å². The van der Waals surface area contributed by atoms with E-state index in [-0.39, 0.29) is 11.7 Å². The number of methoxy groups -OCH3 is 1. The molecule has 0 heterocycles. The molecule has 0 bridgehead atoms. The number of Topliss-reactive ketones (excluding diaryl/α,β-unsaturated/α-hetero) is 1. The third-order valence-corrected chi connectivity index (χ3v) is 6.44. The molecule has 1 aliphatic carbocycles. The number of carbonyl (C=O) groups excluding carboxylic acids is 2. The minimum absolute atomic E-state index is 0.108. The number of hydrogen-bond donors (Lipinski definition) is 0. The fourth-order valence-corrected chi connectivity index (χ4v) is 4.91. The predicted molar refractivity (Wildman–Crippen MR) is 103 cm³/mol. The van der Waals surface area contributed by atoms with Crippen LogP contribution in [-0.4, -0.2) is 23.1 Å². The van der Waals surface area contributed by atoms with Gasteiger partial charge in [-0.2, -0.15) is 0 Å². The quantitative estimate of drug-likeness (QED) is 0.364. The van der Waals surface area contributed by atoms with Gasteiger partial charge in [-0.25, -0.2) is 4.21 Å². The van der Waals surface area contributed by atoms with E-state index in [0.29, 0.717) is 22.6 Å². The largest absolute Gasteiger partial charge is 0.468 e. The molecule has 0 radical (unpaired) electrons. The minimum atomic E-state index is -1.37. The lowest BCUT2D eigenvalue weighted by Crippen LogP contribution is -2.28. The van der Waals surface area contributed by atoms with Gasteiger partial charge in [0.2, 0.25) is 0 Å². The monoisotopic (exact) mass is 376 g/mol. The fraction of sp³-hybridized carbons (Fsp3) is 0.524. The van der Waals surface area contributed by atoms with Crippen LogP contribution in [0.15, 0.2) is 46.2 Å². The normalized spacial score (nSPS) is 21.6. The Balaban J connectivity index is 2.27. The van der Waals surface area contributed by atoms with Crippen LogP contribution in [0.4, 0.5) is 0 Å². The van der Waals surface area contributed by atoms with Crippen LogP contribution in [0.3, 0.4) is 0 Å². The number of allylic oxidation sites excluding steroid dienone is 2. The fourth-order valence-electron chi connectivity index (χ4n) is 3.43. The minimum Gasteiger partial charge on any atom is -0.468 e. The lowest BCUT2D eigenvalue weighted by atomic mass is 9.94. The number of ether oxygens (including phenoxy) is 1. The molecule has 0 N–H and O–H groups in total. The maximum atomic E-state index is 13.2. The van der Waals surface area contributed by atoms with Crippen LogP contribution in [0.1, 0.15) is 51.9 Å². The van der Waals surface area contributed by atoms with Crippen LogP contribution in [0.2, 0.25) is 0 Å². The summed E-state index contributed by atoms with van der Waals surface area (Å²) in [7, 11) is -0.0724. The van der Waals surface area contributed by atoms with Crippen molar-refractivity contribution in [2.45, 2.75) is 56.8 Å². The molecule has 0 saturated heterocycles. The van der Waals surface area contributed by atoms with E-state index in [1.807, 2.05) is 36.4 Å². The van der Waals surface area contributed by atoms with E-state index in [0.717, 1.165) is 25.7 Å². The zero-order valence-electron chi connectivity index (χ0n) is 15.6. The van der Waals surface area contributed by atoms with Crippen LogP contribution < -0.4 is 0 Å². The summed E-state index contributed by atoms with van der Waals surface area (Å²) in [5, 5.41) is 0. The summed E-state index contributed by atoms with van der Waals surface area (Å²) >= 11 is 0. The SMILES string of the molecule is CCCCCC/C=C(\C1CCC(=O)C1C(=O)OC)S(=O)c1ccccc1. The molecule has 1 aliphatic rings. The highest BCUT2D eigenvalue weighted by atomic mass is 32.2. The van der Waals surface area contributed by atoms with Crippen molar-refractivity contribution in [2.24, 2.45) is 11.8 Å². The van der Waals surface area contributed by atoms with E-state index in [1.165, 1.54) is 13.5 Å². The Morgan fingerprint density at radius 2 is 1.96 bits per heavy atom. The number of carbonyl (C=O) groups is 2. The van der Waals surface area contributed by atoms with Crippen LogP contribution in [0, 0.1) is 11.8 Å². The van der Waals surface area contributed by atoms with E-state index < -0.39 is 22.7 Å². The topological polar surface area (TPSA) is 60.4 Å². The third-order valence-electron chi connectivity index (χ3n) is 4.85.